The average Bonchev–Trinajstić information content (AvgIpc) is 2.38. The average molecular weight is 271 g/mol. The summed E-state index contributed by atoms with van der Waals surface area (Å²) in [4.78, 5) is 0. The molecule has 2 aromatic carbocycles. The van der Waals surface area contributed by atoms with E-state index in [0.717, 1.165) is 11.1 Å². The van der Waals surface area contributed by atoms with Gasteiger partial charge < -0.3 is 10.2 Å². The van der Waals surface area contributed by atoms with Gasteiger partial charge in [-0.3, -0.25) is 0 Å². The van der Waals surface area contributed by atoms with Crippen LogP contribution in [-0.2, 0) is 0 Å². The molecule has 4 heteroatoms. The molecule has 1 aromatic heterocycles. The molecule has 0 fully saturated rings. The van der Waals surface area contributed by atoms with Gasteiger partial charge in [0.05, 0.1) is 11.6 Å². The third-order valence-electron chi connectivity index (χ3n) is 3.16. The Hall–Kier alpha value is -2.62. The van der Waals surface area contributed by atoms with Crippen molar-refractivity contribution in [2.75, 3.05) is 0 Å². The summed E-state index contributed by atoms with van der Waals surface area (Å²) in [6.45, 7) is 1.83. The van der Waals surface area contributed by atoms with E-state index in [-0.39, 0.29) is 17.3 Å². The molecule has 1 heterocycles. The molecule has 20 heavy (non-hydrogen) atoms. The molecule has 0 aliphatic rings. The van der Waals surface area contributed by atoms with Crippen LogP contribution in [0.2, 0.25) is 0 Å². The molecule has 0 spiro atoms. The summed E-state index contributed by atoms with van der Waals surface area (Å²) in [5.74, 6) is 0.114. The quantitative estimate of drug-likeness (QED) is 0.651. The SMILES string of the molecule is Cc1cc(-c2ccc(F)cc2)[o+]c2cc(O)cc(O)c12. The first-order valence-electron chi connectivity index (χ1n) is 6.10. The van der Waals surface area contributed by atoms with E-state index in [1.54, 1.807) is 18.2 Å². The third-order valence-corrected chi connectivity index (χ3v) is 3.16. The standard InChI is InChI=1S/C16H11FO3/c1-9-6-14(10-2-4-11(17)5-3-10)20-15-8-12(18)7-13(19)16(9)15/h2-8H,1H3,(H-,18,19)/p+1. The van der Waals surface area contributed by atoms with Crippen molar-refractivity contribution in [1.29, 1.82) is 0 Å². The Morgan fingerprint density at radius 2 is 1.70 bits per heavy atom. The van der Waals surface area contributed by atoms with Gasteiger partial charge in [0.1, 0.15) is 22.7 Å². The molecular weight excluding hydrogens is 259 g/mol. The fourth-order valence-electron chi connectivity index (χ4n) is 2.24. The van der Waals surface area contributed by atoms with Crippen molar-refractivity contribution in [2.24, 2.45) is 0 Å². The van der Waals surface area contributed by atoms with Gasteiger partial charge in [-0.15, -0.1) is 0 Å². The van der Waals surface area contributed by atoms with Gasteiger partial charge in [-0.25, -0.2) is 8.81 Å². The summed E-state index contributed by atoms with van der Waals surface area (Å²) in [7, 11) is 0. The topological polar surface area (TPSA) is 51.8 Å². The van der Waals surface area contributed by atoms with Gasteiger partial charge in [0.15, 0.2) is 0 Å². The molecule has 0 radical (unpaired) electrons. The van der Waals surface area contributed by atoms with Crippen molar-refractivity contribution in [3.63, 3.8) is 0 Å². The van der Waals surface area contributed by atoms with Crippen molar-refractivity contribution in [3.8, 4) is 22.8 Å². The largest absolute Gasteiger partial charge is 0.507 e. The number of phenolic OH excluding ortho intramolecular Hbond substituents is 2. The van der Waals surface area contributed by atoms with Crippen LogP contribution < -0.4 is 0 Å². The normalized spacial score (nSPS) is 10.9. The maximum absolute atomic E-state index is 12.9. The number of fused-ring (bicyclic) bond motifs is 1. The number of benzene rings is 2. The van der Waals surface area contributed by atoms with Crippen LogP contribution >= 0.6 is 0 Å². The lowest BCUT2D eigenvalue weighted by Crippen LogP contribution is -1.85. The molecule has 0 bridgehead atoms. The Kier molecular flexibility index (Phi) is 2.79. The second-order valence-corrected chi connectivity index (χ2v) is 4.64. The maximum atomic E-state index is 12.9. The van der Waals surface area contributed by atoms with Gasteiger partial charge in [-0.05, 0) is 36.8 Å². The van der Waals surface area contributed by atoms with E-state index in [2.05, 4.69) is 0 Å². The first-order chi connectivity index (χ1) is 9.54. The van der Waals surface area contributed by atoms with E-state index in [1.165, 1.54) is 24.3 Å². The fourth-order valence-corrected chi connectivity index (χ4v) is 2.24. The Bertz CT molecular complexity index is 795. The molecule has 100 valence electrons. The summed E-state index contributed by atoms with van der Waals surface area (Å²) >= 11 is 0. The number of aromatic hydroxyl groups is 2. The second kappa shape index (κ2) is 4.49. The number of hydrogen-bond donors (Lipinski definition) is 2. The van der Waals surface area contributed by atoms with Crippen LogP contribution in [0.3, 0.4) is 0 Å². The minimum atomic E-state index is -0.318. The van der Waals surface area contributed by atoms with E-state index < -0.39 is 0 Å². The molecule has 0 amide bonds. The number of hydrogen-bond acceptors (Lipinski definition) is 2. The minimum absolute atomic E-state index is 0.0353. The maximum Gasteiger partial charge on any atom is 0.368 e. The number of rotatable bonds is 1. The number of halogens is 1. The fraction of sp³-hybridized carbons (Fsp3) is 0.0625. The van der Waals surface area contributed by atoms with Crippen molar-refractivity contribution >= 4 is 11.0 Å². The zero-order valence-corrected chi connectivity index (χ0v) is 10.7. The highest BCUT2D eigenvalue weighted by Crippen LogP contribution is 2.35. The minimum Gasteiger partial charge on any atom is -0.507 e. The summed E-state index contributed by atoms with van der Waals surface area (Å²) in [6, 6.07) is 10.4. The van der Waals surface area contributed by atoms with Crippen LogP contribution in [0.1, 0.15) is 5.56 Å². The van der Waals surface area contributed by atoms with Crippen molar-refractivity contribution in [2.45, 2.75) is 6.92 Å². The van der Waals surface area contributed by atoms with Gasteiger partial charge in [0, 0.05) is 12.1 Å². The van der Waals surface area contributed by atoms with Crippen molar-refractivity contribution in [3.05, 3.63) is 53.8 Å². The molecule has 0 atom stereocenters. The lowest BCUT2D eigenvalue weighted by molar-refractivity contribution is 0.452. The zero-order valence-electron chi connectivity index (χ0n) is 10.7. The Labute approximate surface area is 114 Å². The number of phenols is 2. The van der Waals surface area contributed by atoms with Crippen molar-refractivity contribution in [1.82, 2.24) is 0 Å². The molecule has 3 nitrogen and oxygen atoms in total. The second-order valence-electron chi connectivity index (χ2n) is 4.64. The van der Waals surface area contributed by atoms with Gasteiger partial charge >= 0.3 is 11.3 Å². The molecule has 3 rings (SSSR count). The van der Waals surface area contributed by atoms with E-state index in [9.17, 15) is 14.6 Å². The summed E-state index contributed by atoms with van der Waals surface area (Å²) in [5, 5.41) is 19.9. The molecule has 3 aromatic rings. The Morgan fingerprint density at radius 3 is 2.40 bits per heavy atom. The predicted octanol–water partition coefficient (Wildman–Crippen LogP) is 4.24. The molecule has 2 N–H and O–H groups in total. The van der Waals surface area contributed by atoms with Gasteiger partial charge in [-0.1, -0.05) is 0 Å². The lowest BCUT2D eigenvalue weighted by atomic mass is 10.1. The summed E-state index contributed by atoms with van der Waals surface area (Å²) < 4.78 is 18.6. The molecule has 0 saturated heterocycles. The monoisotopic (exact) mass is 271 g/mol. The molecule has 0 unspecified atom stereocenters. The van der Waals surface area contributed by atoms with Crippen LogP contribution in [-0.4, -0.2) is 10.2 Å². The van der Waals surface area contributed by atoms with Crippen LogP contribution in [0, 0.1) is 12.7 Å². The third kappa shape index (κ3) is 2.05. The Morgan fingerprint density at radius 1 is 1.00 bits per heavy atom. The first-order valence-corrected chi connectivity index (χ1v) is 6.10. The van der Waals surface area contributed by atoms with Crippen LogP contribution in [0.25, 0.3) is 22.3 Å². The predicted molar refractivity (Wildman–Crippen MR) is 74.1 cm³/mol. The Balaban J connectivity index is 2.26. The highest BCUT2D eigenvalue weighted by molar-refractivity contribution is 5.89. The van der Waals surface area contributed by atoms with Gasteiger partial charge in [0.25, 0.3) is 0 Å². The summed E-state index contributed by atoms with van der Waals surface area (Å²) in [5.41, 5.74) is 1.91. The first kappa shape index (κ1) is 12.4. The molecule has 0 aliphatic heterocycles. The van der Waals surface area contributed by atoms with E-state index in [4.69, 9.17) is 4.42 Å². The summed E-state index contributed by atoms with van der Waals surface area (Å²) in [6.07, 6.45) is 0. The smallest absolute Gasteiger partial charge is 0.368 e. The molecular formula is C16H12FO3+. The van der Waals surface area contributed by atoms with Crippen LogP contribution in [0.4, 0.5) is 4.39 Å². The number of aryl methyl sites for hydroxylation is 1. The van der Waals surface area contributed by atoms with E-state index in [1.807, 2.05) is 6.92 Å². The van der Waals surface area contributed by atoms with E-state index >= 15 is 0 Å². The highest BCUT2D eigenvalue weighted by atomic mass is 19.1. The molecule has 0 aliphatic carbocycles. The molecule has 0 saturated carbocycles. The lowest BCUT2D eigenvalue weighted by Gasteiger charge is -2.00. The van der Waals surface area contributed by atoms with E-state index in [0.29, 0.717) is 16.7 Å². The van der Waals surface area contributed by atoms with Gasteiger partial charge in [0.2, 0.25) is 0 Å². The van der Waals surface area contributed by atoms with Crippen LogP contribution in [0.15, 0.2) is 46.9 Å². The van der Waals surface area contributed by atoms with Crippen molar-refractivity contribution < 1.29 is 19.0 Å². The van der Waals surface area contributed by atoms with Gasteiger partial charge in [-0.2, -0.15) is 0 Å². The zero-order chi connectivity index (χ0) is 14.3. The highest BCUT2D eigenvalue weighted by Gasteiger charge is 2.20. The van der Waals surface area contributed by atoms with Crippen LogP contribution in [0.5, 0.6) is 11.5 Å².